The van der Waals surface area contributed by atoms with Crippen molar-refractivity contribution in [1.82, 2.24) is 14.8 Å². The summed E-state index contributed by atoms with van der Waals surface area (Å²) in [4.78, 5) is 20.3. The van der Waals surface area contributed by atoms with Crippen LogP contribution in [0.4, 0.5) is 4.39 Å². The number of piperazine rings is 1. The van der Waals surface area contributed by atoms with Gasteiger partial charge in [-0.1, -0.05) is 0 Å². The largest absolute Gasteiger partial charge is 0.384 e. The summed E-state index contributed by atoms with van der Waals surface area (Å²) >= 11 is 1.55. The topological polar surface area (TPSA) is 56.7 Å². The molecule has 2 heterocycles. The Hall–Kier alpha value is -1.83. The molecule has 0 aliphatic carbocycles. The Morgan fingerprint density at radius 2 is 1.96 bits per heavy atom. The van der Waals surface area contributed by atoms with Crippen molar-refractivity contribution in [2.24, 2.45) is 0 Å². The first-order valence-corrected chi connectivity index (χ1v) is 8.80. The van der Waals surface area contributed by atoms with E-state index in [1.54, 1.807) is 28.4 Å². The number of aliphatic hydroxyl groups excluding tert-OH is 1. The molecule has 1 unspecified atom stereocenters. The number of aliphatic hydroxyl groups is 1. The van der Waals surface area contributed by atoms with Crippen LogP contribution >= 0.6 is 11.3 Å². The van der Waals surface area contributed by atoms with Crippen LogP contribution in [0.15, 0.2) is 29.6 Å². The van der Waals surface area contributed by atoms with Crippen molar-refractivity contribution in [2.45, 2.75) is 19.6 Å². The average molecular weight is 349 g/mol. The Bertz CT molecular complexity index is 694. The minimum Gasteiger partial charge on any atom is -0.384 e. The number of aromatic nitrogens is 1. The van der Waals surface area contributed by atoms with Crippen LogP contribution in [0.25, 0.3) is 10.6 Å². The van der Waals surface area contributed by atoms with Crippen molar-refractivity contribution in [3.05, 3.63) is 41.2 Å². The average Bonchev–Trinajstić information content (AvgIpc) is 3.04. The van der Waals surface area contributed by atoms with Gasteiger partial charge in [-0.05, 0) is 31.2 Å². The van der Waals surface area contributed by atoms with Crippen LogP contribution in [0.3, 0.4) is 0 Å². The maximum absolute atomic E-state index is 13.0. The van der Waals surface area contributed by atoms with Crippen LogP contribution < -0.4 is 0 Å². The quantitative estimate of drug-likeness (QED) is 0.917. The van der Waals surface area contributed by atoms with Gasteiger partial charge in [0.2, 0.25) is 0 Å². The summed E-state index contributed by atoms with van der Waals surface area (Å²) in [6, 6.07) is 6.35. The molecule has 1 atom stereocenters. The SMILES string of the molecule is CC(O)C(=O)N1CCN(Cc2csc(-c3ccc(F)cc3)n2)CC1. The Kier molecular flexibility index (Phi) is 5.23. The Morgan fingerprint density at radius 1 is 1.29 bits per heavy atom. The molecule has 7 heteroatoms. The molecule has 0 radical (unpaired) electrons. The molecule has 5 nitrogen and oxygen atoms in total. The lowest BCUT2D eigenvalue weighted by Crippen LogP contribution is -2.50. The zero-order valence-electron chi connectivity index (χ0n) is 13.5. The van der Waals surface area contributed by atoms with Crippen LogP contribution in [0.1, 0.15) is 12.6 Å². The highest BCUT2D eigenvalue weighted by atomic mass is 32.1. The maximum atomic E-state index is 13.0. The lowest BCUT2D eigenvalue weighted by Gasteiger charge is -2.34. The van der Waals surface area contributed by atoms with Gasteiger partial charge in [0.05, 0.1) is 5.69 Å². The monoisotopic (exact) mass is 349 g/mol. The summed E-state index contributed by atoms with van der Waals surface area (Å²) in [5, 5.41) is 12.3. The van der Waals surface area contributed by atoms with E-state index >= 15 is 0 Å². The Morgan fingerprint density at radius 3 is 2.58 bits per heavy atom. The highest BCUT2D eigenvalue weighted by molar-refractivity contribution is 7.13. The molecular formula is C17H20FN3O2S. The number of amides is 1. The van der Waals surface area contributed by atoms with Gasteiger partial charge >= 0.3 is 0 Å². The number of hydrogen-bond donors (Lipinski definition) is 1. The first-order chi connectivity index (χ1) is 11.5. The van der Waals surface area contributed by atoms with Crippen molar-refractivity contribution in [2.75, 3.05) is 26.2 Å². The Labute approximate surface area is 144 Å². The summed E-state index contributed by atoms with van der Waals surface area (Å²) in [5.41, 5.74) is 1.90. The first kappa shape index (κ1) is 17.0. The zero-order valence-corrected chi connectivity index (χ0v) is 14.3. The van der Waals surface area contributed by atoms with Gasteiger partial charge in [-0.2, -0.15) is 0 Å². The van der Waals surface area contributed by atoms with Gasteiger partial charge in [-0.15, -0.1) is 11.3 Å². The molecular weight excluding hydrogens is 329 g/mol. The third-order valence-electron chi connectivity index (χ3n) is 4.07. The smallest absolute Gasteiger partial charge is 0.251 e. The molecule has 1 saturated heterocycles. The van der Waals surface area contributed by atoms with Crippen molar-refractivity contribution >= 4 is 17.2 Å². The van der Waals surface area contributed by atoms with Crippen LogP contribution in [0.5, 0.6) is 0 Å². The second-order valence-corrected chi connectivity index (χ2v) is 6.79. The number of rotatable bonds is 4. The molecule has 1 aliphatic heterocycles. The number of benzene rings is 1. The van der Waals surface area contributed by atoms with E-state index in [0.29, 0.717) is 13.1 Å². The number of nitrogens with zero attached hydrogens (tertiary/aromatic N) is 3. The van der Waals surface area contributed by atoms with Crippen molar-refractivity contribution in [1.29, 1.82) is 0 Å². The molecule has 128 valence electrons. The first-order valence-electron chi connectivity index (χ1n) is 7.92. The van der Waals surface area contributed by atoms with Gasteiger partial charge in [-0.3, -0.25) is 9.69 Å². The second kappa shape index (κ2) is 7.38. The lowest BCUT2D eigenvalue weighted by atomic mass is 10.2. The summed E-state index contributed by atoms with van der Waals surface area (Å²) in [6.45, 7) is 5.01. The lowest BCUT2D eigenvalue weighted by molar-refractivity contribution is -0.141. The highest BCUT2D eigenvalue weighted by Crippen LogP contribution is 2.24. The molecule has 1 aliphatic rings. The Balaban J connectivity index is 1.56. The summed E-state index contributed by atoms with van der Waals surface area (Å²) in [6.07, 6.45) is -0.937. The van der Waals surface area contributed by atoms with E-state index in [-0.39, 0.29) is 11.7 Å². The fourth-order valence-corrected chi connectivity index (χ4v) is 3.54. The normalized spacial score (nSPS) is 17.0. The number of thiazole rings is 1. The maximum Gasteiger partial charge on any atom is 0.251 e. The molecule has 1 N–H and O–H groups in total. The van der Waals surface area contributed by atoms with Crippen molar-refractivity contribution in [3.63, 3.8) is 0 Å². The van der Waals surface area contributed by atoms with Gasteiger partial charge in [-0.25, -0.2) is 9.37 Å². The van der Waals surface area contributed by atoms with Crippen LogP contribution in [0, 0.1) is 5.82 Å². The van der Waals surface area contributed by atoms with Crippen molar-refractivity contribution < 1.29 is 14.3 Å². The summed E-state index contributed by atoms with van der Waals surface area (Å²) in [7, 11) is 0. The van der Waals surface area contributed by atoms with Gasteiger partial charge in [0.15, 0.2) is 0 Å². The van der Waals surface area contributed by atoms with E-state index in [4.69, 9.17) is 0 Å². The third kappa shape index (κ3) is 3.98. The molecule has 2 aromatic rings. The van der Waals surface area contributed by atoms with Crippen molar-refractivity contribution in [3.8, 4) is 10.6 Å². The fourth-order valence-electron chi connectivity index (χ4n) is 2.72. The van der Waals surface area contributed by atoms with E-state index in [1.165, 1.54) is 19.1 Å². The highest BCUT2D eigenvalue weighted by Gasteiger charge is 2.24. The van der Waals surface area contributed by atoms with Gasteiger partial charge < -0.3 is 10.0 Å². The molecule has 24 heavy (non-hydrogen) atoms. The predicted octanol–water partition coefficient (Wildman–Crippen LogP) is 1.97. The minimum atomic E-state index is -0.937. The fraction of sp³-hybridized carbons (Fsp3) is 0.412. The zero-order chi connectivity index (χ0) is 17.1. The molecule has 1 amide bonds. The van der Waals surface area contributed by atoms with Crippen LogP contribution in [-0.4, -0.2) is 58.1 Å². The number of halogens is 1. The molecule has 0 saturated carbocycles. The van der Waals surface area contributed by atoms with E-state index in [1.807, 2.05) is 5.38 Å². The molecule has 1 fully saturated rings. The number of carbonyl (C=O) groups is 1. The number of carbonyl (C=O) groups excluding carboxylic acids is 1. The standard InChI is InChI=1S/C17H20FN3O2S/c1-12(22)17(23)21-8-6-20(7-9-21)10-15-11-24-16(19-15)13-2-4-14(18)5-3-13/h2-5,11-12,22H,6-10H2,1H3. The van der Waals surface area contributed by atoms with E-state index in [2.05, 4.69) is 9.88 Å². The molecule has 1 aromatic carbocycles. The molecule has 0 spiro atoms. The van der Waals surface area contributed by atoms with Crippen LogP contribution in [-0.2, 0) is 11.3 Å². The van der Waals surface area contributed by atoms with Gasteiger partial charge in [0, 0.05) is 43.7 Å². The van der Waals surface area contributed by atoms with Gasteiger partial charge in [0.1, 0.15) is 16.9 Å². The van der Waals surface area contributed by atoms with E-state index < -0.39 is 6.10 Å². The molecule has 1 aromatic heterocycles. The number of hydrogen-bond acceptors (Lipinski definition) is 5. The molecule has 0 bridgehead atoms. The minimum absolute atomic E-state index is 0.207. The third-order valence-corrected chi connectivity index (χ3v) is 5.01. The van der Waals surface area contributed by atoms with Gasteiger partial charge in [0.25, 0.3) is 5.91 Å². The summed E-state index contributed by atoms with van der Waals surface area (Å²) < 4.78 is 13.0. The predicted molar refractivity (Wildman–Crippen MR) is 91.0 cm³/mol. The summed E-state index contributed by atoms with van der Waals surface area (Å²) in [5.74, 6) is -0.456. The second-order valence-electron chi connectivity index (χ2n) is 5.93. The van der Waals surface area contributed by atoms with Crippen LogP contribution in [0.2, 0.25) is 0 Å². The van der Waals surface area contributed by atoms with E-state index in [0.717, 1.165) is 35.9 Å². The van der Waals surface area contributed by atoms with E-state index in [9.17, 15) is 14.3 Å². The molecule has 3 rings (SSSR count).